The van der Waals surface area contributed by atoms with Crippen molar-refractivity contribution in [3.63, 3.8) is 0 Å². The van der Waals surface area contributed by atoms with Gasteiger partial charge >= 0.3 is 0 Å². The maximum Gasteiger partial charge on any atom is 0.257 e. The van der Waals surface area contributed by atoms with Crippen molar-refractivity contribution in [3.05, 3.63) is 40.2 Å². The van der Waals surface area contributed by atoms with E-state index >= 15 is 0 Å². The van der Waals surface area contributed by atoms with Crippen LogP contribution in [0.4, 0.5) is 0 Å². The van der Waals surface area contributed by atoms with Gasteiger partial charge in [0.25, 0.3) is 5.91 Å². The maximum absolute atomic E-state index is 12.9. The number of nitrogens with one attached hydrogen (secondary N) is 2. The van der Waals surface area contributed by atoms with Gasteiger partial charge < -0.3 is 4.90 Å². The summed E-state index contributed by atoms with van der Waals surface area (Å²) >= 11 is 1.61. The van der Waals surface area contributed by atoms with Crippen molar-refractivity contribution in [2.45, 2.75) is 32.1 Å². The molecule has 7 nitrogen and oxygen atoms in total. The molecule has 0 atom stereocenters. The van der Waals surface area contributed by atoms with E-state index in [1.54, 1.807) is 17.5 Å². The van der Waals surface area contributed by atoms with E-state index in [4.69, 9.17) is 0 Å². The molecule has 3 aromatic rings. The number of amides is 1. The van der Waals surface area contributed by atoms with Crippen LogP contribution in [0.15, 0.2) is 23.0 Å². The third kappa shape index (κ3) is 3.09. The van der Waals surface area contributed by atoms with Gasteiger partial charge in [-0.1, -0.05) is 6.92 Å². The molecule has 1 amide bonds. The first kappa shape index (κ1) is 16.0. The Morgan fingerprint density at radius 1 is 1.36 bits per heavy atom. The van der Waals surface area contributed by atoms with Crippen molar-refractivity contribution in [1.82, 2.24) is 30.3 Å². The predicted molar refractivity (Wildman–Crippen MR) is 95.5 cm³/mol. The summed E-state index contributed by atoms with van der Waals surface area (Å²) in [6.07, 6.45) is 4.26. The zero-order valence-corrected chi connectivity index (χ0v) is 14.8. The van der Waals surface area contributed by atoms with Gasteiger partial charge in [-0.05, 0) is 24.3 Å². The van der Waals surface area contributed by atoms with E-state index in [1.807, 2.05) is 21.7 Å². The molecule has 3 aromatic heterocycles. The predicted octanol–water partition coefficient (Wildman–Crippen LogP) is 2.84. The molecule has 0 spiro atoms. The number of H-pyrrole nitrogens is 2. The molecular formula is C17H20N6OS. The number of piperidine rings is 1. The SMILES string of the molecule is CCc1nc(C2CCN(C(=O)c3cn[nH]c3-c3ccsc3)CC2)n[nH]1. The van der Waals surface area contributed by atoms with E-state index in [2.05, 4.69) is 32.3 Å². The van der Waals surface area contributed by atoms with E-state index in [-0.39, 0.29) is 5.91 Å². The fraction of sp³-hybridized carbons (Fsp3) is 0.412. The molecule has 0 aliphatic carbocycles. The smallest absolute Gasteiger partial charge is 0.257 e. The average Bonchev–Trinajstić information content (AvgIpc) is 3.41. The summed E-state index contributed by atoms with van der Waals surface area (Å²) in [5.41, 5.74) is 2.45. The fourth-order valence-corrected chi connectivity index (χ4v) is 3.88. The average molecular weight is 356 g/mol. The highest BCUT2D eigenvalue weighted by molar-refractivity contribution is 7.08. The zero-order valence-electron chi connectivity index (χ0n) is 14.0. The van der Waals surface area contributed by atoms with E-state index in [9.17, 15) is 4.79 Å². The summed E-state index contributed by atoms with van der Waals surface area (Å²) in [6, 6.07) is 2.00. The van der Waals surface area contributed by atoms with Gasteiger partial charge in [-0.2, -0.15) is 21.5 Å². The highest BCUT2D eigenvalue weighted by Crippen LogP contribution is 2.29. The highest BCUT2D eigenvalue weighted by atomic mass is 32.1. The molecule has 8 heteroatoms. The lowest BCUT2D eigenvalue weighted by Crippen LogP contribution is -2.38. The van der Waals surface area contributed by atoms with E-state index in [0.717, 1.165) is 42.2 Å². The number of carbonyl (C=O) groups is 1. The van der Waals surface area contributed by atoms with Crippen LogP contribution in [0.25, 0.3) is 11.3 Å². The Balaban J connectivity index is 1.44. The minimum absolute atomic E-state index is 0.0395. The van der Waals surface area contributed by atoms with Crippen LogP contribution in [0.5, 0.6) is 0 Å². The Hall–Kier alpha value is -2.48. The van der Waals surface area contributed by atoms with Crippen LogP contribution in [0.1, 0.15) is 47.7 Å². The van der Waals surface area contributed by atoms with Gasteiger partial charge in [0.2, 0.25) is 0 Å². The topological polar surface area (TPSA) is 90.6 Å². The summed E-state index contributed by atoms with van der Waals surface area (Å²) in [4.78, 5) is 19.3. The number of likely N-dealkylation sites (tertiary alicyclic amines) is 1. The number of aromatic nitrogens is 5. The van der Waals surface area contributed by atoms with Gasteiger partial charge in [0, 0.05) is 36.4 Å². The Labute approximate surface area is 149 Å². The van der Waals surface area contributed by atoms with E-state index in [1.165, 1.54) is 0 Å². The molecule has 4 heterocycles. The molecule has 0 bridgehead atoms. The number of carbonyl (C=O) groups excluding carboxylic acids is 1. The van der Waals surface area contributed by atoms with Gasteiger partial charge in [-0.15, -0.1) is 0 Å². The number of hydrogen-bond donors (Lipinski definition) is 2. The van der Waals surface area contributed by atoms with Gasteiger partial charge in [0.1, 0.15) is 5.82 Å². The number of nitrogens with zero attached hydrogens (tertiary/aromatic N) is 4. The second-order valence-corrected chi connectivity index (χ2v) is 7.01. The van der Waals surface area contributed by atoms with Gasteiger partial charge in [0.05, 0.1) is 17.5 Å². The monoisotopic (exact) mass is 356 g/mol. The zero-order chi connectivity index (χ0) is 17.2. The summed E-state index contributed by atoms with van der Waals surface area (Å²) in [5.74, 6) is 2.16. The van der Waals surface area contributed by atoms with Crippen molar-refractivity contribution in [2.75, 3.05) is 13.1 Å². The van der Waals surface area contributed by atoms with Crippen molar-refractivity contribution in [1.29, 1.82) is 0 Å². The molecule has 25 heavy (non-hydrogen) atoms. The van der Waals surface area contributed by atoms with Crippen LogP contribution in [0, 0.1) is 0 Å². The molecule has 0 unspecified atom stereocenters. The number of aromatic amines is 2. The number of hydrogen-bond acceptors (Lipinski definition) is 5. The van der Waals surface area contributed by atoms with Crippen LogP contribution >= 0.6 is 11.3 Å². The number of aryl methyl sites for hydroxylation is 1. The molecule has 1 fully saturated rings. The number of rotatable bonds is 4. The van der Waals surface area contributed by atoms with Crippen molar-refractivity contribution < 1.29 is 4.79 Å². The molecule has 4 rings (SSSR count). The van der Waals surface area contributed by atoms with Crippen LogP contribution in [0.2, 0.25) is 0 Å². The molecule has 0 saturated carbocycles. The summed E-state index contributed by atoms with van der Waals surface area (Å²) in [6.45, 7) is 3.49. The quantitative estimate of drug-likeness (QED) is 0.752. The van der Waals surface area contributed by atoms with Gasteiger partial charge in [-0.3, -0.25) is 15.0 Å². The third-order valence-corrected chi connectivity index (χ3v) is 5.39. The molecule has 2 N–H and O–H groups in total. The minimum atomic E-state index is 0.0395. The van der Waals surface area contributed by atoms with Crippen molar-refractivity contribution in [2.24, 2.45) is 0 Å². The van der Waals surface area contributed by atoms with Crippen LogP contribution in [-0.4, -0.2) is 49.3 Å². The first-order valence-electron chi connectivity index (χ1n) is 8.52. The van der Waals surface area contributed by atoms with Gasteiger partial charge in [0.15, 0.2) is 5.82 Å². The van der Waals surface area contributed by atoms with Crippen LogP contribution < -0.4 is 0 Å². The Morgan fingerprint density at radius 3 is 2.88 bits per heavy atom. The molecule has 0 radical (unpaired) electrons. The molecule has 1 saturated heterocycles. The van der Waals surface area contributed by atoms with Gasteiger partial charge in [-0.25, -0.2) is 4.98 Å². The normalized spacial score (nSPS) is 15.6. The van der Waals surface area contributed by atoms with E-state index < -0.39 is 0 Å². The second-order valence-electron chi connectivity index (χ2n) is 6.23. The Kier molecular flexibility index (Phi) is 4.35. The fourth-order valence-electron chi connectivity index (χ4n) is 3.24. The lowest BCUT2D eigenvalue weighted by Gasteiger charge is -2.30. The Morgan fingerprint density at radius 2 is 2.20 bits per heavy atom. The first-order valence-corrected chi connectivity index (χ1v) is 9.47. The third-order valence-electron chi connectivity index (χ3n) is 4.71. The molecule has 1 aliphatic heterocycles. The van der Waals surface area contributed by atoms with Crippen molar-refractivity contribution in [3.8, 4) is 11.3 Å². The molecule has 0 aromatic carbocycles. The number of thiophene rings is 1. The standard InChI is InChI=1S/C17H20N6OS/c1-2-14-19-16(22-20-14)11-3-6-23(7-4-11)17(24)13-9-18-21-15(13)12-5-8-25-10-12/h5,8-11H,2-4,6-7H2,1H3,(H,18,21)(H,19,20,22). The maximum atomic E-state index is 12.9. The summed E-state index contributed by atoms with van der Waals surface area (Å²) < 4.78 is 0. The summed E-state index contributed by atoms with van der Waals surface area (Å²) in [5, 5.41) is 18.4. The lowest BCUT2D eigenvalue weighted by molar-refractivity contribution is 0.0712. The van der Waals surface area contributed by atoms with E-state index in [0.29, 0.717) is 24.6 Å². The van der Waals surface area contributed by atoms with Crippen LogP contribution in [0.3, 0.4) is 0 Å². The second kappa shape index (κ2) is 6.79. The van der Waals surface area contributed by atoms with Crippen LogP contribution in [-0.2, 0) is 6.42 Å². The highest BCUT2D eigenvalue weighted by Gasteiger charge is 2.28. The molecule has 1 aliphatic rings. The Bertz CT molecular complexity index is 844. The molecule has 130 valence electrons. The molecular weight excluding hydrogens is 336 g/mol. The summed E-state index contributed by atoms with van der Waals surface area (Å²) in [7, 11) is 0. The first-order chi connectivity index (χ1) is 12.3. The minimum Gasteiger partial charge on any atom is -0.338 e. The van der Waals surface area contributed by atoms with Crippen molar-refractivity contribution >= 4 is 17.2 Å². The lowest BCUT2D eigenvalue weighted by atomic mass is 9.95. The largest absolute Gasteiger partial charge is 0.338 e.